The average molecular weight is 511 g/mol. The van der Waals surface area contributed by atoms with Gasteiger partial charge in [-0.25, -0.2) is 13.4 Å². The van der Waals surface area contributed by atoms with E-state index in [1.54, 1.807) is 12.1 Å². The summed E-state index contributed by atoms with van der Waals surface area (Å²) in [5, 5.41) is 19.3. The first-order valence-corrected chi connectivity index (χ1v) is 13.3. The molecule has 3 aromatic heterocycles. The number of aryl methyl sites for hydroxylation is 1. The third-order valence-electron chi connectivity index (χ3n) is 6.15. The Morgan fingerprint density at radius 1 is 1.14 bits per heavy atom. The van der Waals surface area contributed by atoms with E-state index in [1.165, 1.54) is 6.20 Å². The number of aromatic amines is 1. The number of hydrogen-bond donors (Lipinski definition) is 3. The molecule has 188 valence electrons. The maximum atomic E-state index is 11.7. The fourth-order valence-corrected chi connectivity index (χ4v) is 4.74. The van der Waals surface area contributed by atoms with Crippen LogP contribution in [0.4, 0.5) is 0 Å². The van der Waals surface area contributed by atoms with E-state index in [9.17, 15) is 18.6 Å². The first-order chi connectivity index (χ1) is 17.2. The van der Waals surface area contributed by atoms with Gasteiger partial charge in [0.1, 0.15) is 12.2 Å². The number of aliphatic hydroxyl groups excluding tert-OH is 2. The van der Waals surface area contributed by atoms with Crippen LogP contribution in [0.15, 0.2) is 53.6 Å². The normalized spacial score (nSPS) is 20.5. The second-order valence-corrected chi connectivity index (χ2v) is 10.9. The molecule has 0 bridgehead atoms. The molecule has 4 heterocycles. The minimum Gasteiger partial charge on any atom is -0.459 e. The Morgan fingerprint density at radius 2 is 1.89 bits per heavy atom. The molecule has 1 aliphatic rings. The zero-order valence-corrected chi connectivity index (χ0v) is 20.6. The van der Waals surface area contributed by atoms with Crippen LogP contribution in [0.5, 0.6) is 6.01 Å². The molecule has 10 nitrogen and oxygen atoms in total. The number of aliphatic hydroxyl groups is 2. The van der Waals surface area contributed by atoms with Gasteiger partial charge in [-0.2, -0.15) is 4.98 Å². The lowest BCUT2D eigenvalue weighted by molar-refractivity contribution is -0.131. The Kier molecular flexibility index (Phi) is 6.47. The molecule has 1 aromatic carbocycles. The molecular formula is C25H26N4O6S. The molecular weight excluding hydrogens is 484 g/mol. The maximum absolute atomic E-state index is 11.7. The number of nitrogens with zero attached hydrogens (tertiary/aromatic N) is 3. The quantitative estimate of drug-likeness (QED) is 0.355. The van der Waals surface area contributed by atoms with Crippen molar-refractivity contribution >= 4 is 21.0 Å². The van der Waals surface area contributed by atoms with E-state index in [-0.39, 0.29) is 24.1 Å². The van der Waals surface area contributed by atoms with Crippen molar-refractivity contribution in [1.82, 2.24) is 19.9 Å². The number of hydrogen-bond acceptors (Lipinski definition) is 9. The molecule has 5 rings (SSSR count). The van der Waals surface area contributed by atoms with Crippen LogP contribution in [0.2, 0.25) is 0 Å². The summed E-state index contributed by atoms with van der Waals surface area (Å²) >= 11 is 0. The van der Waals surface area contributed by atoms with E-state index in [2.05, 4.69) is 15.0 Å². The van der Waals surface area contributed by atoms with Crippen LogP contribution >= 0.6 is 0 Å². The highest BCUT2D eigenvalue weighted by atomic mass is 32.2. The molecule has 1 aliphatic heterocycles. The summed E-state index contributed by atoms with van der Waals surface area (Å²) in [6.07, 6.45) is 1.05. The van der Waals surface area contributed by atoms with Crippen molar-refractivity contribution < 1.29 is 28.1 Å². The molecule has 0 aliphatic carbocycles. The van der Waals surface area contributed by atoms with Gasteiger partial charge in [0.15, 0.2) is 15.5 Å². The van der Waals surface area contributed by atoms with Gasteiger partial charge in [-0.1, -0.05) is 24.3 Å². The summed E-state index contributed by atoms with van der Waals surface area (Å²) in [4.78, 5) is 16.8. The fourth-order valence-electron chi connectivity index (χ4n) is 4.18. The van der Waals surface area contributed by atoms with E-state index < -0.39 is 28.1 Å². The predicted molar refractivity (Wildman–Crippen MR) is 132 cm³/mol. The SMILES string of the molecule is Cc1cc2[nH]c(O[C@H]3CO[C@H](CO)[C@@H](O)C3)nc2nc1-c1ccc(-c2ccc(S(C)(=O)=O)cn2)cc1. The van der Waals surface area contributed by atoms with Crippen molar-refractivity contribution in [2.75, 3.05) is 19.5 Å². The van der Waals surface area contributed by atoms with Gasteiger partial charge >= 0.3 is 0 Å². The van der Waals surface area contributed by atoms with E-state index in [0.717, 1.165) is 34.2 Å². The summed E-state index contributed by atoms with van der Waals surface area (Å²) in [6.45, 7) is 1.97. The van der Waals surface area contributed by atoms with Crippen LogP contribution in [-0.2, 0) is 14.6 Å². The van der Waals surface area contributed by atoms with E-state index in [4.69, 9.17) is 14.5 Å². The molecule has 1 fully saturated rings. The molecule has 3 atom stereocenters. The zero-order chi connectivity index (χ0) is 25.4. The molecule has 0 spiro atoms. The van der Waals surface area contributed by atoms with Gasteiger partial charge in [0.2, 0.25) is 0 Å². The van der Waals surface area contributed by atoms with Crippen LogP contribution in [-0.4, -0.2) is 76.3 Å². The Balaban J connectivity index is 1.35. The fraction of sp³-hybridized carbons (Fsp3) is 0.320. The molecule has 36 heavy (non-hydrogen) atoms. The smallest absolute Gasteiger partial charge is 0.296 e. The van der Waals surface area contributed by atoms with Gasteiger partial charge in [0, 0.05) is 30.0 Å². The molecule has 0 unspecified atom stereocenters. The number of H-pyrrole nitrogens is 1. The van der Waals surface area contributed by atoms with E-state index in [0.29, 0.717) is 17.8 Å². The highest BCUT2D eigenvalue weighted by Crippen LogP contribution is 2.28. The number of nitrogens with one attached hydrogen (secondary N) is 1. The summed E-state index contributed by atoms with van der Waals surface area (Å²) in [5.41, 5.74) is 5.37. The number of aromatic nitrogens is 4. The summed E-state index contributed by atoms with van der Waals surface area (Å²) in [5.74, 6) is 0. The Labute approximate surface area is 207 Å². The van der Waals surface area contributed by atoms with Crippen molar-refractivity contribution in [3.05, 3.63) is 54.2 Å². The maximum Gasteiger partial charge on any atom is 0.296 e. The number of imidazole rings is 1. The summed E-state index contributed by atoms with van der Waals surface area (Å²) in [6, 6.07) is 13.2. The number of rotatable bonds is 6. The van der Waals surface area contributed by atoms with Gasteiger partial charge in [-0.15, -0.1) is 0 Å². The largest absolute Gasteiger partial charge is 0.459 e. The number of ether oxygens (including phenoxy) is 2. The monoisotopic (exact) mass is 510 g/mol. The minimum absolute atomic E-state index is 0.180. The Hall–Kier alpha value is -3.38. The first kappa shape index (κ1) is 24.3. The van der Waals surface area contributed by atoms with Crippen molar-refractivity contribution in [3.63, 3.8) is 0 Å². The van der Waals surface area contributed by atoms with Crippen molar-refractivity contribution in [2.24, 2.45) is 0 Å². The van der Waals surface area contributed by atoms with Gasteiger partial charge in [-0.05, 0) is 30.7 Å². The topological polar surface area (TPSA) is 148 Å². The van der Waals surface area contributed by atoms with Crippen molar-refractivity contribution in [3.8, 4) is 28.5 Å². The van der Waals surface area contributed by atoms with Crippen LogP contribution in [0.1, 0.15) is 12.0 Å². The second kappa shape index (κ2) is 9.58. The lowest BCUT2D eigenvalue weighted by Gasteiger charge is -2.31. The van der Waals surface area contributed by atoms with Gasteiger partial charge in [0.25, 0.3) is 6.01 Å². The van der Waals surface area contributed by atoms with Crippen molar-refractivity contribution in [1.29, 1.82) is 0 Å². The molecule has 0 radical (unpaired) electrons. The minimum atomic E-state index is -3.29. The Morgan fingerprint density at radius 3 is 2.53 bits per heavy atom. The van der Waals surface area contributed by atoms with Gasteiger partial charge in [-0.3, -0.25) is 4.98 Å². The van der Waals surface area contributed by atoms with E-state index >= 15 is 0 Å². The average Bonchev–Trinajstić information content (AvgIpc) is 3.24. The number of sulfone groups is 1. The number of fused-ring (bicyclic) bond motifs is 1. The van der Waals surface area contributed by atoms with Crippen LogP contribution < -0.4 is 4.74 Å². The lowest BCUT2D eigenvalue weighted by Crippen LogP contribution is -2.45. The summed E-state index contributed by atoms with van der Waals surface area (Å²) < 4.78 is 34.6. The molecule has 4 aromatic rings. The van der Waals surface area contributed by atoms with Gasteiger partial charge < -0.3 is 24.7 Å². The zero-order valence-electron chi connectivity index (χ0n) is 19.7. The number of benzene rings is 1. The molecule has 0 saturated carbocycles. The Bertz CT molecular complexity index is 1490. The van der Waals surface area contributed by atoms with Crippen molar-refractivity contribution in [2.45, 2.75) is 36.6 Å². The third-order valence-corrected chi connectivity index (χ3v) is 7.25. The molecule has 3 N–H and O–H groups in total. The number of pyridine rings is 2. The lowest BCUT2D eigenvalue weighted by atomic mass is 10.0. The molecule has 11 heteroatoms. The molecule has 1 saturated heterocycles. The van der Waals surface area contributed by atoms with Gasteiger partial charge in [0.05, 0.1) is 41.1 Å². The second-order valence-electron chi connectivity index (χ2n) is 8.89. The molecule has 0 amide bonds. The summed E-state index contributed by atoms with van der Waals surface area (Å²) in [7, 11) is -3.29. The van der Waals surface area contributed by atoms with Crippen LogP contribution in [0.3, 0.4) is 0 Å². The highest BCUT2D eigenvalue weighted by Gasteiger charge is 2.31. The predicted octanol–water partition coefficient (Wildman–Crippen LogP) is 2.29. The first-order valence-electron chi connectivity index (χ1n) is 11.4. The highest BCUT2D eigenvalue weighted by molar-refractivity contribution is 7.90. The van der Waals surface area contributed by atoms with E-state index in [1.807, 2.05) is 37.3 Å². The third kappa shape index (κ3) is 4.96. The standard InChI is InChI=1S/C25H26N4O6S/c1-14-9-20-24(29-25(27-20)35-17-10-21(31)22(12-30)34-13-17)28-23(14)16-5-3-15(4-6-16)19-8-7-18(11-26-19)36(2,32)33/h3-9,11,17,21-22,30-31H,10,12-13H2,1-2H3,(H,27,28,29)/t17-,21+,22-/m1/s1. The van der Waals surface area contributed by atoms with Crippen LogP contribution in [0.25, 0.3) is 33.7 Å². The van der Waals surface area contributed by atoms with Crippen LogP contribution in [0, 0.1) is 6.92 Å².